The Kier molecular flexibility index (Phi) is 2.76. The number of benzene rings is 1. The van der Waals surface area contributed by atoms with E-state index in [4.69, 9.17) is 10.6 Å². The Labute approximate surface area is 70.5 Å². The summed E-state index contributed by atoms with van der Waals surface area (Å²) in [7, 11) is -2.49. The minimum atomic E-state index is -2.49. The first kappa shape index (κ1) is 9.13. The van der Waals surface area contributed by atoms with Crippen molar-refractivity contribution in [2.75, 3.05) is 0 Å². The number of aromatic hydroxyl groups is 1. The predicted octanol–water partition coefficient (Wildman–Crippen LogP) is 1.08. The largest absolute Gasteiger partial charge is 0.529 e. The lowest BCUT2D eigenvalue weighted by Gasteiger charge is -2.00. The Morgan fingerprint density at radius 3 is 2.50 bits per heavy atom. The van der Waals surface area contributed by atoms with Crippen molar-refractivity contribution in [1.29, 1.82) is 0 Å². The number of nitrogens with two attached hydrogens (primary N) is 1. The lowest BCUT2D eigenvalue weighted by Crippen LogP contribution is -2.05. The van der Waals surface area contributed by atoms with Crippen molar-refractivity contribution in [3.05, 3.63) is 29.8 Å². The van der Waals surface area contributed by atoms with Gasteiger partial charge in [-0.3, -0.25) is 5.73 Å². The van der Waals surface area contributed by atoms with Gasteiger partial charge in [0.05, 0.1) is 5.56 Å². The highest BCUT2D eigenvalue weighted by Crippen LogP contribution is 2.36. The van der Waals surface area contributed by atoms with E-state index in [-0.39, 0.29) is 5.75 Å². The second kappa shape index (κ2) is 3.63. The van der Waals surface area contributed by atoms with E-state index in [1.807, 2.05) is 0 Å². The molecule has 0 radical (unpaired) electrons. The van der Waals surface area contributed by atoms with E-state index in [1.54, 1.807) is 12.1 Å². The van der Waals surface area contributed by atoms with Crippen LogP contribution in [0.3, 0.4) is 0 Å². The van der Waals surface area contributed by atoms with E-state index >= 15 is 0 Å². The van der Waals surface area contributed by atoms with Crippen LogP contribution in [0.5, 0.6) is 5.75 Å². The molecular weight excluding hydrogens is 177 g/mol. The van der Waals surface area contributed by atoms with Gasteiger partial charge in [-0.25, -0.2) is 0 Å². The van der Waals surface area contributed by atoms with Crippen molar-refractivity contribution in [3.8, 4) is 5.75 Å². The van der Waals surface area contributed by atoms with Crippen molar-refractivity contribution in [1.82, 2.24) is 0 Å². The molecule has 0 aliphatic rings. The summed E-state index contributed by atoms with van der Waals surface area (Å²) in [5.41, 5.74) is 5.64. The molecule has 0 spiro atoms. The van der Waals surface area contributed by atoms with Crippen LogP contribution < -0.4 is 5.73 Å². The van der Waals surface area contributed by atoms with Crippen molar-refractivity contribution < 1.29 is 14.6 Å². The van der Waals surface area contributed by atoms with E-state index in [0.717, 1.165) is 0 Å². The first-order chi connectivity index (χ1) is 5.63. The molecule has 0 saturated carbocycles. The molecule has 12 heavy (non-hydrogen) atoms. The maximum atomic E-state index is 10.6. The van der Waals surface area contributed by atoms with E-state index < -0.39 is 13.8 Å². The van der Waals surface area contributed by atoms with E-state index in [2.05, 4.69) is 0 Å². The van der Waals surface area contributed by atoms with Gasteiger partial charge in [0.25, 0.3) is 5.78 Å². The molecule has 0 aliphatic heterocycles. The minimum absolute atomic E-state index is 0.0533. The number of hydrogen-bond acceptors (Lipinski definition) is 3. The fourth-order valence-corrected chi connectivity index (χ4v) is 1.31. The van der Waals surface area contributed by atoms with Crippen molar-refractivity contribution in [2.45, 2.75) is 5.78 Å². The van der Waals surface area contributed by atoms with Crippen LogP contribution in [0.4, 0.5) is 0 Å². The molecule has 5 heteroatoms. The van der Waals surface area contributed by atoms with Gasteiger partial charge in [0, 0.05) is 0 Å². The lowest BCUT2D eigenvalue weighted by molar-refractivity contribution is 0.459. The van der Waals surface area contributed by atoms with Gasteiger partial charge in [-0.2, -0.15) is 4.89 Å². The summed E-state index contributed by atoms with van der Waals surface area (Å²) in [6.45, 7) is 0. The van der Waals surface area contributed by atoms with Gasteiger partial charge in [-0.15, -0.1) is 0 Å². The van der Waals surface area contributed by atoms with Crippen molar-refractivity contribution in [3.63, 3.8) is 0 Å². The molecule has 0 bridgehead atoms. The van der Waals surface area contributed by atoms with Gasteiger partial charge in [0.15, 0.2) is 0 Å². The highest BCUT2D eigenvalue weighted by atomic mass is 31.1. The smallest absolute Gasteiger partial charge is 0.507 e. The second-order valence-electron chi connectivity index (χ2n) is 2.31. The summed E-state index contributed by atoms with van der Waals surface area (Å²) >= 11 is 0. The van der Waals surface area contributed by atoms with Gasteiger partial charge >= 0.3 is 8.03 Å². The SMILES string of the molecule is NC(c1ccccc1O)[P+](=O)O. The van der Waals surface area contributed by atoms with Gasteiger partial charge in [-0.05, 0) is 16.7 Å². The lowest BCUT2D eigenvalue weighted by atomic mass is 10.2. The highest BCUT2D eigenvalue weighted by molar-refractivity contribution is 7.38. The zero-order valence-corrected chi connectivity index (χ0v) is 7.11. The Bertz CT molecular complexity index is 302. The average Bonchev–Trinajstić information content (AvgIpc) is 2.04. The van der Waals surface area contributed by atoms with Gasteiger partial charge in [0.1, 0.15) is 5.75 Å². The van der Waals surface area contributed by atoms with Crippen molar-refractivity contribution >= 4 is 8.03 Å². The third-order valence-corrected chi connectivity index (χ3v) is 2.25. The van der Waals surface area contributed by atoms with E-state index in [1.165, 1.54) is 12.1 Å². The molecule has 0 heterocycles. The monoisotopic (exact) mass is 186 g/mol. The molecule has 0 aliphatic carbocycles. The standard InChI is InChI=1S/C7H8NO3P/c8-7(12(10)11)5-3-1-2-4-6(5)9/h1-4,7H,8H2,(H-,9,10,11)/p+1. The van der Waals surface area contributed by atoms with Crippen LogP contribution in [-0.4, -0.2) is 10.00 Å². The summed E-state index contributed by atoms with van der Waals surface area (Å²) < 4.78 is 10.6. The molecule has 4 N–H and O–H groups in total. The quantitative estimate of drug-likeness (QED) is 0.603. The summed E-state index contributed by atoms with van der Waals surface area (Å²) in [4.78, 5) is 8.67. The molecular formula is C7H9NO3P+. The first-order valence-electron chi connectivity index (χ1n) is 3.31. The minimum Gasteiger partial charge on any atom is -0.507 e. The van der Waals surface area contributed by atoms with Crippen LogP contribution in [-0.2, 0) is 4.57 Å². The van der Waals surface area contributed by atoms with Crippen LogP contribution in [0.1, 0.15) is 11.3 Å². The van der Waals surface area contributed by atoms with Crippen LogP contribution in [0.15, 0.2) is 24.3 Å². The zero-order chi connectivity index (χ0) is 9.14. The normalized spacial score (nSPS) is 14.0. The van der Waals surface area contributed by atoms with Crippen LogP contribution in [0, 0.1) is 0 Å². The molecule has 1 rings (SSSR count). The molecule has 0 amide bonds. The van der Waals surface area contributed by atoms with Gasteiger partial charge < -0.3 is 5.11 Å². The van der Waals surface area contributed by atoms with Gasteiger partial charge in [-0.1, -0.05) is 12.1 Å². The summed E-state index contributed by atoms with van der Waals surface area (Å²) in [6.07, 6.45) is 0. The van der Waals surface area contributed by atoms with Crippen LogP contribution in [0.25, 0.3) is 0 Å². The Hall–Kier alpha value is -0.960. The molecule has 2 unspecified atom stereocenters. The fraction of sp³-hybridized carbons (Fsp3) is 0.143. The maximum absolute atomic E-state index is 10.6. The molecule has 2 atom stereocenters. The van der Waals surface area contributed by atoms with Crippen molar-refractivity contribution in [2.24, 2.45) is 5.73 Å². The third-order valence-electron chi connectivity index (χ3n) is 1.49. The zero-order valence-electron chi connectivity index (χ0n) is 6.21. The van der Waals surface area contributed by atoms with E-state index in [9.17, 15) is 9.67 Å². The van der Waals surface area contributed by atoms with Crippen LogP contribution in [0.2, 0.25) is 0 Å². The van der Waals surface area contributed by atoms with Gasteiger partial charge in [0.2, 0.25) is 0 Å². The molecule has 0 fully saturated rings. The fourth-order valence-electron chi connectivity index (χ4n) is 0.857. The number of rotatable bonds is 2. The van der Waals surface area contributed by atoms with E-state index in [0.29, 0.717) is 5.56 Å². The Morgan fingerprint density at radius 2 is 2.00 bits per heavy atom. The van der Waals surface area contributed by atoms with Crippen LogP contribution >= 0.6 is 8.03 Å². The topological polar surface area (TPSA) is 83.5 Å². The molecule has 64 valence electrons. The third kappa shape index (κ3) is 1.80. The number of hydrogen-bond donors (Lipinski definition) is 3. The summed E-state index contributed by atoms with van der Waals surface area (Å²) in [6, 6.07) is 6.21. The molecule has 0 saturated heterocycles. The maximum Gasteiger partial charge on any atom is 0.529 e. The summed E-state index contributed by atoms with van der Waals surface area (Å²) in [5.74, 6) is -1.07. The number of phenolic OH excluding ortho intramolecular Hbond substituents is 1. The Morgan fingerprint density at radius 1 is 1.42 bits per heavy atom. The first-order valence-corrected chi connectivity index (χ1v) is 4.60. The molecule has 4 nitrogen and oxygen atoms in total. The average molecular weight is 186 g/mol. The second-order valence-corrected chi connectivity index (χ2v) is 3.47. The molecule has 0 aromatic heterocycles. The summed E-state index contributed by atoms with van der Waals surface area (Å²) in [5, 5.41) is 9.21. The highest BCUT2D eigenvalue weighted by Gasteiger charge is 2.28. The predicted molar refractivity (Wildman–Crippen MR) is 44.9 cm³/mol. The number of phenols is 1. The Balaban J connectivity index is 3.02. The molecule has 1 aromatic carbocycles. The number of para-hydroxylation sites is 1. The molecule has 1 aromatic rings.